The van der Waals surface area contributed by atoms with Gasteiger partial charge in [-0.15, -0.1) is 0 Å². The number of nitrogens with one attached hydrogen (secondary N) is 1. The summed E-state index contributed by atoms with van der Waals surface area (Å²) >= 11 is 0. The van der Waals surface area contributed by atoms with Crippen molar-refractivity contribution in [2.45, 2.75) is 51.0 Å². The number of carbonyl (C=O) groups excluding carboxylic acids is 3. The molecule has 2 aromatic carbocycles. The smallest absolute Gasteiger partial charge is 0.317 e. The van der Waals surface area contributed by atoms with E-state index in [9.17, 15) is 18.8 Å². The van der Waals surface area contributed by atoms with Gasteiger partial charge < -0.3 is 10.1 Å². The summed E-state index contributed by atoms with van der Waals surface area (Å²) in [6.07, 6.45) is 1.50. The predicted octanol–water partition coefficient (Wildman–Crippen LogP) is 4.41. The first-order valence-corrected chi connectivity index (χ1v) is 9.71. The van der Waals surface area contributed by atoms with Gasteiger partial charge in [0.25, 0.3) is 5.91 Å². The topological polar surface area (TPSA) is 72.5 Å². The molecule has 0 spiro atoms. The number of hydrogen-bond donors (Lipinski definition) is 1. The number of esters is 1. The molecule has 1 atom stereocenters. The van der Waals surface area contributed by atoms with Crippen LogP contribution in [0.2, 0.25) is 0 Å². The molecule has 3 rings (SSSR count). The third-order valence-electron chi connectivity index (χ3n) is 5.43. The summed E-state index contributed by atoms with van der Waals surface area (Å²) < 4.78 is 19.9. The number of anilines is 1. The predicted molar refractivity (Wildman–Crippen MR) is 107 cm³/mol. The van der Waals surface area contributed by atoms with E-state index in [4.69, 9.17) is 4.74 Å². The number of rotatable bonds is 6. The molecule has 0 aliphatic heterocycles. The Kier molecular flexibility index (Phi) is 6.11. The van der Waals surface area contributed by atoms with Crippen molar-refractivity contribution >= 4 is 23.3 Å². The van der Waals surface area contributed by atoms with Crippen LogP contribution in [-0.2, 0) is 19.7 Å². The Labute approximate surface area is 169 Å². The van der Waals surface area contributed by atoms with Gasteiger partial charge in [0, 0.05) is 16.8 Å². The lowest BCUT2D eigenvalue weighted by molar-refractivity contribution is -0.159. The second kappa shape index (κ2) is 8.55. The molecule has 0 heterocycles. The maximum Gasteiger partial charge on any atom is 0.317 e. The van der Waals surface area contributed by atoms with Gasteiger partial charge in [0.2, 0.25) is 0 Å². The molecule has 0 aromatic heterocycles. The van der Waals surface area contributed by atoms with Crippen LogP contribution in [0.4, 0.5) is 10.1 Å². The van der Waals surface area contributed by atoms with E-state index in [1.165, 1.54) is 19.9 Å². The molecule has 0 saturated heterocycles. The summed E-state index contributed by atoms with van der Waals surface area (Å²) in [4.78, 5) is 37.0. The summed E-state index contributed by atoms with van der Waals surface area (Å²) in [6.45, 7) is 2.92. The number of benzene rings is 2. The zero-order valence-corrected chi connectivity index (χ0v) is 16.5. The van der Waals surface area contributed by atoms with E-state index >= 15 is 0 Å². The van der Waals surface area contributed by atoms with Gasteiger partial charge >= 0.3 is 5.97 Å². The second-order valence-electron chi connectivity index (χ2n) is 7.44. The summed E-state index contributed by atoms with van der Waals surface area (Å²) in [5.74, 6) is -1.65. The zero-order chi connectivity index (χ0) is 21.0. The van der Waals surface area contributed by atoms with E-state index in [1.54, 1.807) is 42.5 Å². The molecular formula is C23H24FNO4. The van der Waals surface area contributed by atoms with Crippen LogP contribution < -0.4 is 5.32 Å². The molecule has 2 aromatic rings. The number of ether oxygens (including phenoxy) is 1. The first-order valence-electron chi connectivity index (χ1n) is 9.71. The highest BCUT2D eigenvalue weighted by Gasteiger charge is 2.46. The maximum atomic E-state index is 14.4. The van der Waals surface area contributed by atoms with Crippen LogP contribution >= 0.6 is 0 Å². The first kappa shape index (κ1) is 20.7. The van der Waals surface area contributed by atoms with E-state index in [0.29, 0.717) is 29.7 Å². The minimum absolute atomic E-state index is 0.117. The molecule has 152 valence electrons. The Morgan fingerprint density at radius 3 is 2.41 bits per heavy atom. The van der Waals surface area contributed by atoms with Crippen molar-refractivity contribution in [1.82, 2.24) is 0 Å². The Hall–Kier alpha value is -3.02. The highest BCUT2D eigenvalue weighted by atomic mass is 19.1. The fraction of sp³-hybridized carbons (Fsp3) is 0.348. The Balaban J connectivity index is 1.73. The van der Waals surface area contributed by atoms with Crippen LogP contribution in [0.5, 0.6) is 0 Å². The second-order valence-corrected chi connectivity index (χ2v) is 7.44. The molecule has 1 saturated carbocycles. The first-order chi connectivity index (χ1) is 13.8. The molecule has 5 nitrogen and oxygen atoms in total. The van der Waals surface area contributed by atoms with Crippen molar-refractivity contribution in [2.75, 3.05) is 5.32 Å². The van der Waals surface area contributed by atoms with Gasteiger partial charge in [0.05, 0.1) is 5.41 Å². The van der Waals surface area contributed by atoms with Crippen LogP contribution in [0.15, 0.2) is 48.5 Å². The fourth-order valence-electron chi connectivity index (χ4n) is 3.80. The Bertz CT molecular complexity index is 934. The van der Waals surface area contributed by atoms with Crippen molar-refractivity contribution in [2.24, 2.45) is 0 Å². The number of amides is 1. The zero-order valence-electron chi connectivity index (χ0n) is 16.5. The van der Waals surface area contributed by atoms with Gasteiger partial charge in [0.1, 0.15) is 5.82 Å². The lowest BCUT2D eigenvalue weighted by Crippen LogP contribution is -2.40. The van der Waals surface area contributed by atoms with Crippen LogP contribution in [-0.4, -0.2) is 23.8 Å². The number of halogens is 1. The van der Waals surface area contributed by atoms with Crippen LogP contribution in [0.25, 0.3) is 0 Å². The number of hydrogen-bond acceptors (Lipinski definition) is 4. The van der Waals surface area contributed by atoms with Gasteiger partial charge in [-0.05, 0) is 44.9 Å². The average molecular weight is 397 g/mol. The third kappa shape index (κ3) is 4.36. The van der Waals surface area contributed by atoms with Crippen molar-refractivity contribution in [3.63, 3.8) is 0 Å². The van der Waals surface area contributed by atoms with Crippen molar-refractivity contribution < 1.29 is 23.5 Å². The molecule has 1 aliphatic carbocycles. The van der Waals surface area contributed by atoms with Crippen molar-refractivity contribution in [3.05, 3.63) is 65.5 Å². The summed E-state index contributed by atoms with van der Waals surface area (Å²) in [6, 6.07) is 12.8. The minimum Gasteiger partial charge on any atom is -0.452 e. The standard InChI is InChI=1S/C23H24FNO4/c1-15(26)17-8-7-9-18(14-17)25-21(27)16(2)29-22(28)23(12-5-6-13-23)19-10-3-4-11-20(19)24/h3-4,7-11,14,16H,5-6,12-13H2,1-2H3,(H,25,27)/t16-/m1/s1. The molecule has 1 fully saturated rings. The maximum absolute atomic E-state index is 14.4. The summed E-state index contributed by atoms with van der Waals surface area (Å²) in [7, 11) is 0. The molecule has 29 heavy (non-hydrogen) atoms. The van der Waals surface area contributed by atoms with Gasteiger partial charge in [-0.2, -0.15) is 0 Å². The molecule has 0 bridgehead atoms. The minimum atomic E-state index is -1.06. The average Bonchev–Trinajstić information content (AvgIpc) is 3.19. The Morgan fingerprint density at radius 1 is 1.07 bits per heavy atom. The summed E-state index contributed by atoms with van der Waals surface area (Å²) in [5.41, 5.74) is 0.172. The molecule has 1 amide bonds. The normalized spacial score (nSPS) is 16.1. The van der Waals surface area contributed by atoms with Crippen LogP contribution in [0, 0.1) is 5.82 Å². The molecule has 1 N–H and O–H groups in total. The lowest BCUT2D eigenvalue weighted by atomic mass is 9.78. The van der Waals surface area contributed by atoms with Gasteiger partial charge in [-0.3, -0.25) is 14.4 Å². The van der Waals surface area contributed by atoms with E-state index in [0.717, 1.165) is 12.8 Å². The largest absolute Gasteiger partial charge is 0.452 e. The van der Waals surface area contributed by atoms with Crippen molar-refractivity contribution in [3.8, 4) is 0 Å². The van der Waals surface area contributed by atoms with E-state index in [2.05, 4.69) is 5.32 Å². The fourth-order valence-corrected chi connectivity index (χ4v) is 3.80. The highest BCUT2D eigenvalue weighted by molar-refractivity contribution is 5.99. The molecule has 6 heteroatoms. The van der Waals surface area contributed by atoms with Crippen molar-refractivity contribution in [1.29, 1.82) is 0 Å². The van der Waals surface area contributed by atoms with E-state index < -0.39 is 29.2 Å². The lowest BCUT2D eigenvalue weighted by Gasteiger charge is -2.29. The SMILES string of the molecule is CC(=O)c1cccc(NC(=O)[C@@H](C)OC(=O)C2(c3ccccc3F)CCCC2)c1. The Morgan fingerprint density at radius 2 is 1.76 bits per heavy atom. The number of Topliss-reactive ketones (excluding diaryl/α,β-unsaturated/α-hetero) is 1. The number of ketones is 1. The van der Waals surface area contributed by atoms with Gasteiger partial charge in [-0.1, -0.05) is 43.2 Å². The van der Waals surface area contributed by atoms with Crippen LogP contribution in [0.1, 0.15) is 55.5 Å². The van der Waals surface area contributed by atoms with Crippen LogP contribution in [0.3, 0.4) is 0 Å². The monoisotopic (exact) mass is 397 g/mol. The number of carbonyl (C=O) groups is 3. The quantitative estimate of drug-likeness (QED) is 0.579. The van der Waals surface area contributed by atoms with E-state index in [-0.39, 0.29) is 5.78 Å². The molecule has 0 radical (unpaired) electrons. The molecule has 1 aliphatic rings. The molecular weight excluding hydrogens is 373 g/mol. The third-order valence-corrected chi connectivity index (χ3v) is 5.43. The van der Waals surface area contributed by atoms with Gasteiger partial charge in [0.15, 0.2) is 11.9 Å². The molecule has 0 unspecified atom stereocenters. The highest BCUT2D eigenvalue weighted by Crippen LogP contribution is 2.43. The van der Waals surface area contributed by atoms with Gasteiger partial charge in [-0.25, -0.2) is 4.39 Å². The summed E-state index contributed by atoms with van der Waals surface area (Å²) in [5, 5.41) is 2.65. The van der Waals surface area contributed by atoms with E-state index in [1.807, 2.05) is 0 Å².